The minimum absolute atomic E-state index is 0.465. The molecule has 0 aliphatic carbocycles. The second-order valence-corrected chi connectivity index (χ2v) is 3.09. The molecule has 3 nitrogen and oxygen atoms in total. The second kappa shape index (κ2) is 4.50. The molecule has 14 heavy (non-hydrogen) atoms. The van der Waals surface area contributed by atoms with E-state index >= 15 is 0 Å². The average Bonchev–Trinajstić information content (AvgIpc) is 2.01. The number of benzene rings is 1. The molecule has 1 aromatic carbocycles. The van der Waals surface area contributed by atoms with E-state index in [1.807, 2.05) is 0 Å². The maximum Gasteiger partial charge on any atom is 0.695 e. The van der Waals surface area contributed by atoms with Crippen LogP contribution in [0.4, 0.5) is 13.2 Å². The van der Waals surface area contributed by atoms with Crippen molar-refractivity contribution in [1.82, 2.24) is 0 Å². The first-order valence-electron chi connectivity index (χ1n) is 3.43. The van der Waals surface area contributed by atoms with Crippen molar-refractivity contribution in [2.24, 2.45) is 0 Å². The Bertz CT molecular complexity index is 346. The molecule has 0 aliphatic rings. The van der Waals surface area contributed by atoms with E-state index < -0.39 is 37.9 Å². The molecule has 0 saturated carbocycles. The van der Waals surface area contributed by atoms with Crippen LogP contribution in [0, 0.1) is 17.5 Å². The Morgan fingerprint density at radius 3 is 2.21 bits per heavy atom. The van der Waals surface area contributed by atoms with Crippen LogP contribution in [0.5, 0.6) is 0 Å². The topological polar surface area (TPSA) is 46.5 Å². The van der Waals surface area contributed by atoms with E-state index in [4.69, 9.17) is 4.89 Å². The first-order valence-corrected chi connectivity index (χ1v) is 4.56. The Hall–Kier alpha value is -0.970. The number of rotatable bonds is 3. The summed E-state index contributed by atoms with van der Waals surface area (Å²) in [5, 5.41) is 0. The largest absolute Gasteiger partial charge is 0.695 e. The van der Waals surface area contributed by atoms with Gasteiger partial charge in [0.25, 0.3) is 0 Å². The van der Waals surface area contributed by atoms with Crippen molar-refractivity contribution in [2.45, 2.75) is 6.61 Å². The minimum atomic E-state index is -2.93. The molecule has 76 valence electrons. The van der Waals surface area contributed by atoms with Crippen LogP contribution in [0.15, 0.2) is 12.1 Å². The van der Waals surface area contributed by atoms with Crippen LogP contribution < -0.4 is 0 Å². The Morgan fingerprint density at radius 1 is 1.29 bits per heavy atom. The Kier molecular flexibility index (Phi) is 3.57. The minimum Gasteiger partial charge on any atom is -0.207 e. The van der Waals surface area contributed by atoms with Crippen molar-refractivity contribution >= 4 is 8.25 Å². The van der Waals surface area contributed by atoms with E-state index in [2.05, 4.69) is 4.52 Å². The summed E-state index contributed by atoms with van der Waals surface area (Å²) in [6.07, 6.45) is 0. The highest BCUT2D eigenvalue weighted by Crippen LogP contribution is 2.22. The first kappa shape index (κ1) is 11.1. The van der Waals surface area contributed by atoms with Gasteiger partial charge < -0.3 is 0 Å². The van der Waals surface area contributed by atoms with Gasteiger partial charge >= 0.3 is 8.25 Å². The van der Waals surface area contributed by atoms with Crippen LogP contribution in [0.2, 0.25) is 0 Å². The summed E-state index contributed by atoms with van der Waals surface area (Å²) in [5.41, 5.74) is -0.580. The van der Waals surface area contributed by atoms with Crippen molar-refractivity contribution in [3.63, 3.8) is 0 Å². The highest BCUT2D eigenvalue weighted by Gasteiger charge is 2.18. The predicted molar refractivity (Wildman–Crippen MR) is 40.9 cm³/mol. The van der Waals surface area contributed by atoms with Gasteiger partial charge in [-0.1, -0.05) is 0 Å². The normalized spacial score (nSPS) is 11.6. The zero-order valence-electron chi connectivity index (χ0n) is 6.71. The Labute approximate surface area is 78.1 Å². The third-order valence-corrected chi connectivity index (χ3v) is 1.78. The summed E-state index contributed by atoms with van der Waals surface area (Å²) in [4.78, 5) is 8.22. The van der Waals surface area contributed by atoms with Gasteiger partial charge in [-0.05, 0) is 0 Å². The van der Waals surface area contributed by atoms with E-state index in [-0.39, 0.29) is 0 Å². The van der Waals surface area contributed by atoms with Gasteiger partial charge in [-0.15, -0.1) is 9.42 Å². The molecule has 0 fully saturated rings. The molecule has 1 N–H and O–H groups in total. The molecule has 1 unspecified atom stereocenters. The molecule has 1 atom stereocenters. The van der Waals surface area contributed by atoms with Gasteiger partial charge in [0.2, 0.25) is 0 Å². The van der Waals surface area contributed by atoms with E-state index in [0.29, 0.717) is 12.1 Å². The van der Waals surface area contributed by atoms with Gasteiger partial charge in [-0.2, -0.15) is 0 Å². The quantitative estimate of drug-likeness (QED) is 0.802. The fourth-order valence-corrected chi connectivity index (χ4v) is 1.07. The molecule has 0 spiro atoms. The van der Waals surface area contributed by atoms with Crippen LogP contribution in [0.1, 0.15) is 5.56 Å². The van der Waals surface area contributed by atoms with Crippen molar-refractivity contribution in [3.05, 3.63) is 35.1 Å². The number of hydrogen-bond donors (Lipinski definition) is 1. The van der Waals surface area contributed by atoms with E-state index in [1.165, 1.54) is 0 Å². The van der Waals surface area contributed by atoms with Crippen LogP contribution in [0.3, 0.4) is 0 Å². The molecule has 0 radical (unpaired) electrons. The average molecular weight is 225 g/mol. The summed E-state index contributed by atoms with van der Waals surface area (Å²) in [6.45, 7) is -0.719. The summed E-state index contributed by atoms with van der Waals surface area (Å²) in [7, 11) is -2.93. The lowest BCUT2D eigenvalue weighted by Gasteiger charge is -2.00. The second-order valence-electron chi connectivity index (χ2n) is 2.36. The standard InChI is InChI=1S/C7H4F3O3P/c8-4-1-6(9)5(7(10)2-4)3-13-14(11)12/h1-2H,3H2/p+1. The van der Waals surface area contributed by atoms with Gasteiger partial charge in [-0.3, -0.25) is 0 Å². The summed E-state index contributed by atoms with van der Waals surface area (Å²) in [6, 6.07) is 0.929. The SMILES string of the molecule is O=[P+](O)OCc1c(F)cc(F)cc1F. The molecule has 1 aromatic rings. The fraction of sp³-hybridized carbons (Fsp3) is 0.143. The third-order valence-electron chi connectivity index (χ3n) is 1.43. The molecular weight excluding hydrogens is 220 g/mol. The molecular formula is C7H5F3O3P+. The zero-order valence-corrected chi connectivity index (χ0v) is 7.60. The lowest BCUT2D eigenvalue weighted by atomic mass is 10.2. The molecule has 0 heterocycles. The van der Waals surface area contributed by atoms with Crippen molar-refractivity contribution < 1.29 is 27.2 Å². The predicted octanol–water partition coefficient (Wildman–Crippen LogP) is 2.27. The maximum atomic E-state index is 12.8. The maximum absolute atomic E-state index is 12.8. The highest BCUT2D eigenvalue weighted by atomic mass is 31.1. The van der Waals surface area contributed by atoms with Crippen LogP contribution >= 0.6 is 8.25 Å². The number of hydrogen-bond acceptors (Lipinski definition) is 2. The van der Waals surface area contributed by atoms with Crippen LogP contribution in [0.25, 0.3) is 0 Å². The van der Waals surface area contributed by atoms with E-state index in [0.717, 1.165) is 0 Å². The Balaban J connectivity index is 2.91. The summed E-state index contributed by atoms with van der Waals surface area (Å²) < 4.78 is 52.2. The highest BCUT2D eigenvalue weighted by molar-refractivity contribution is 7.32. The smallest absolute Gasteiger partial charge is 0.207 e. The summed E-state index contributed by atoms with van der Waals surface area (Å²) in [5.74, 6) is -3.36. The zero-order chi connectivity index (χ0) is 10.7. The van der Waals surface area contributed by atoms with Gasteiger partial charge in [0.1, 0.15) is 24.1 Å². The van der Waals surface area contributed by atoms with Crippen molar-refractivity contribution in [1.29, 1.82) is 0 Å². The van der Waals surface area contributed by atoms with Crippen molar-refractivity contribution in [2.75, 3.05) is 0 Å². The molecule has 0 amide bonds. The third kappa shape index (κ3) is 2.77. The molecule has 0 aromatic heterocycles. The number of halogens is 3. The summed E-state index contributed by atoms with van der Waals surface area (Å²) >= 11 is 0. The van der Waals surface area contributed by atoms with Crippen molar-refractivity contribution in [3.8, 4) is 0 Å². The Morgan fingerprint density at radius 2 is 1.79 bits per heavy atom. The van der Waals surface area contributed by atoms with Crippen LogP contribution in [-0.2, 0) is 15.7 Å². The van der Waals surface area contributed by atoms with Gasteiger partial charge in [0.15, 0.2) is 0 Å². The van der Waals surface area contributed by atoms with E-state index in [1.54, 1.807) is 0 Å². The monoisotopic (exact) mass is 225 g/mol. The lowest BCUT2D eigenvalue weighted by Crippen LogP contribution is -1.97. The van der Waals surface area contributed by atoms with Gasteiger partial charge in [0.05, 0.1) is 5.56 Å². The molecule has 7 heteroatoms. The fourth-order valence-electron chi connectivity index (χ4n) is 0.830. The molecule has 1 rings (SSSR count). The van der Waals surface area contributed by atoms with Gasteiger partial charge in [0, 0.05) is 16.7 Å². The molecule has 0 aliphatic heterocycles. The molecule has 0 saturated heterocycles. The lowest BCUT2D eigenvalue weighted by molar-refractivity contribution is 0.263. The van der Waals surface area contributed by atoms with Gasteiger partial charge in [-0.25, -0.2) is 13.2 Å². The molecule has 0 bridgehead atoms. The first-order chi connectivity index (χ1) is 6.50. The van der Waals surface area contributed by atoms with Crippen LogP contribution in [-0.4, -0.2) is 4.89 Å². The van der Waals surface area contributed by atoms with E-state index in [9.17, 15) is 17.7 Å².